The summed E-state index contributed by atoms with van der Waals surface area (Å²) >= 11 is 14.9. The van der Waals surface area contributed by atoms with Gasteiger partial charge in [0.1, 0.15) is 0 Å². The number of hydrogen-bond acceptors (Lipinski definition) is 1. The molecule has 0 radical (unpaired) electrons. The maximum Gasteiger partial charge on any atom is 0.196 e. The molecule has 6 heteroatoms. The number of halogens is 5. The number of benzene rings is 2. The summed E-state index contributed by atoms with van der Waals surface area (Å²) in [5.74, 6) is -2.82. The highest BCUT2D eigenvalue weighted by Gasteiger charge is 2.19. The molecule has 0 unspecified atom stereocenters. The summed E-state index contributed by atoms with van der Waals surface area (Å²) in [6.07, 6.45) is 0. The fraction of sp³-hybridized carbons (Fsp3) is 0. The van der Waals surface area contributed by atoms with Gasteiger partial charge in [-0.15, -0.1) is 0 Å². The van der Waals surface area contributed by atoms with Gasteiger partial charge in [0.25, 0.3) is 0 Å². The Morgan fingerprint density at radius 2 is 1.68 bits per heavy atom. The molecule has 0 N–H and O–H groups in total. The molecular weight excluding hydrogens is 361 g/mol. The van der Waals surface area contributed by atoms with Crippen molar-refractivity contribution < 1.29 is 13.6 Å². The molecule has 1 nitrogen and oxygen atoms in total. The molecule has 0 fully saturated rings. The van der Waals surface area contributed by atoms with Crippen molar-refractivity contribution in [3.63, 3.8) is 0 Å². The largest absolute Gasteiger partial charge is 0.288 e. The fourth-order valence-electron chi connectivity index (χ4n) is 1.52. The van der Waals surface area contributed by atoms with E-state index in [1.165, 1.54) is 6.07 Å². The molecule has 0 saturated heterocycles. The Hall–Kier alpha value is -0.970. The maximum absolute atomic E-state index is 13.2. The summed E-state index contributed by atoms with van der Waals surface area (Å²) in [4.78, 5) is 12.2. The van der Waals surface area contributed by atoms with Crippen molar-refractivity contribution in [3.05, 3.63) is 67.6 Å². The first-order chi connectivity index (χ1) is 8.91. The van der Waals surface area contributed by atoms with E-state index in [2.05, 4.69) is 15.9 Å². The summed E-state index contributed by atoms with van der Waals surface area (Å²) in [7, 11) is 0. The molecule has 2 aromatic carbocycles. The first kappa shape index (κ1) is 14.4. The van der Waals surface area contributed by atoms with E-state index in [-0.39, 0.29) is 21.2 Å². The zero-order chi connectivity index (χ0) is 14.2. The molecule has 2 rings (SSSR count). The molecule has 2 aromatic rings. The number of carbonyl (C=O) groups is 1. The third-order valence-corrected chi connectivity index (χ3v) is 4.06. The molecule has 0 amide bonds. The predicted octanol–water partition coefficient (Wildman–Crippen LogP) is 5.27. The second-order valence-corrected chi connectivity index (χ2v) is 5.32. The Morgan fingerprint density at radius 3 is 2.37 bits per heavy atom. The van der Waals surface area contributed by atoms with Crippen molar-refractivity contribution in [3.8, 4) is 0 Å². The molecule has 0 atom stereocenters. The Kier molecular flexibility index (Phi) is 4.23. The fourth-order valence-corrected chi connectivity index (χ4v) is 2.33. The summed E-state index contributed by atoms with van der Waals surface area (Å²) < 4.78 is 26.7. The second kappa shape index (κ2) is 5.57. The monoisotopic (exact) mass is 364 g/mol. The summed E-state index contributed by atoms with van der Waals surface area (Å²) in [6.45, 7) is 0. The lowest BCUT2D eigenvalue weighted by Gasteiger charge is -2.07. The Labute approximate surface area is 126 Å². The van der Waals surface area contributed by atoms with Gasteiger partial charge in [-0.05, 0) is 40.2 Å². The lowest BCUT2D eigenvalue weighted by Crippen LogP contribution is -2.05. The Bertz CT molecular complexity index is 674. The third kappa shape index (κ3) is 2.81. The van der Waals surface area contributed by atoms with Crippen LogP contribution in [0.2, 0.25) is 10.0 Å². The maximum atomic E-state index is 13.2. The van der Waals surface area contributed by atoms with Crippen LogP contribution in [0, 0.1) is 11.6 Å². The van der Waals surface area contributed by atoms with Crippen LogP contribution < -0.4 is 0 Å². The average Bonchev–Trinajstić information content (AvgIpc) is 2.36. The summed E-state index contributed by atoms with van der Waals surface area (Å²) in [5.41, 5.74) is 0.0181. The van der Waals surface area contributed by atoms with Crippen LogP contribution in [0.4, 0.5) is 8.78 Å². The SMILES string of the molecule is O=C(c1cc(F)c(F)cc1Cl)c1cccc(Br)c1Cl. The highest BCUT2D eigenvalue weighted by Crippen LogP contribution is 2.30. The topological polar surface area (TPSA) is 17.1 Å². The normalized spacial score (nSPS) is 10.6. The van der Waals surface area contributed by atoms with Crippen LogP contribution in [0.25, 0.3) is 0 Å². The third-order valence-electron chi connectivity index (χ3n) is 2.45. The minimum absolute atomic E-state index is 0.138. The van der Waals surface area contributed by atoms with Gasteiger partial charge in [-0.25, -0.2) is 8.78 Å². The van der Waals surface area contributed by atoms with Crippen LogP contribution in [-0.2, 0) is 0 Å². The van der Waals surface area contributed by atoms with E-state index in [0.29, 0.717) is 4.47 Å². The minimum Gasteiger partial charge on any atom is -0.288 e. The predicted molar refractivity (Wildman–Crippen MR) is 74.0 cm³/mol. The zero-order valence-corrected chi connectivity index (χ0v) is 12.3. The molecule has 0 bridgehead atoms. The number of carbonyl (C=O) groups excluding carboxylic acids is 1. The van der Waals surface area contributed by atoms with Gasteiger partial charge in [-0.3, -0.25) is 4.79 Å². The first-order valence-electron chi connectivity index (χ1n) is 5.05. The van der Waals surface area contributed by atoms with Gasteiger partial charge in [0, 0.05) is 15.6 Å². The molecule has 19 heavy (non-hydrogen) atoms. The van der Waals surface area contributed by atoms with Gasteiger partial charge in [0.2, 0.25) is 0 Å². The molecular formula is C13H5BrCl2F2O. The van der Waals surface area contributed by atoms with Crippen LogP contribution in [-0.4, -0.2) is 5.78 Å². The molecule has 0 spiro atoms. The van der Waals surface area contributed by atoms with Crippen LogP contribution in [0.15, 0.2) is 34.8 Å². The number of rotatable bonds is 2. The quantitative estimate of drug-likeness (QED) is 0.523. The Balaban J connectivity index is 2.56. The van der Waals surface area contributed by atoms with Crippen LogP contribution >= 0.6 is 39.1 Å². The van der Waals surface area contributed by atoms with Gasteiger partial charge >= 0.3 is 0 Å². The number of ketones is 1. The molecule has 98 valence electrons. The van der Waals surface area contributed by atoms with E-state index in [0.717, 1.165) is 12.1 Å². The van der Waals surface area contributed by atoms with Crippen molar-refractivity contribution in [2.45, 2.75) is 0 Å². The van der Waals surface area contributed by atoms with E-state index < -0.39 is 17.4 Å². The van der Waals surface area contributed by atoms with Crippen molar-refractivity contribution in [1.82, 2.24) is 0 Å². The van der Waals surface area contributed by atoms with Gasteiger partial charge in [-0.1, -0.05) is 29.3 Å². The van der Waals surface area contributed by atoms with Crippen LogP contribution in [0.5, 0.6) is 0 Å². The highest BCUT2D eigenvalue weighted by atomic mass is 79.9. The second-order valence-electron chi connectivity index (χ2n) is 3.68. The zero-order valence-electron chi connectivity index (χ0n) is 9.18. The lowest BCUT2D eigenvalue weighted by molar-refractivity contribution is 0.103. The van der Waals surface area contributed by atoms with Crippen molar-refractivity contribution in [1.29, 1.82) is 0 Å². The molecule has 0 aromatic heterocycles. The molecule has 0 heterocycles. The molecule has 0 saturated carbocycles. The van der Waals surface area contributed by atoms with Crippen LogP contribution in [0.3, 0.4) is 0 Å². The van der Waals surface area contributed by atoms with E-state index >= 15 is 0 Å². The van der Waals surface area contributed by atoms with Crippen LogP contribution in [0.1, 0.15) is 15.9 Å². The lowest BCUT2D eigenvalue weighted by atomic mass is 10.0. The minimum atomic E-state index is -1.14. The molecule has 0 aliphatic carbocycles. The standard InChI is InChI=1S/C13H5BrCl2F2O/c14-8-3-1-2-6(12(8)16)13(19)7-4-10(17)11(18)5-9(7)15/h1-5H. The highest BCUT2D eigenvalue weighted by molar-refractivity contribution is 9.10. The van der Waals surface area contributed by atoms with Crippen molar-refractivity contribution in [2.75, 3.05) is 0 Å². The van der Waals surface area contributed by atoms with Crippen molar-refractivity contribution in [2.24, 2.45) is 0 Å². The van der Waals surface area contributed by atoms with E-state index in [1.807, 2.05) is 0 Å². The van der Waals surface area contributed by atoms with Gasteiger partial charge in [0.15, 0.2) is 17.4 Å². The van der Waals surface area contributed by atoms with Gasteiger partial charge in [0.05, 0.1) is 10.0 Å². The average molecular weight is 366 g/mol. The molecule has 0 aliphatic heterocycles. The van der Waals surface area contributed by atoms with E-state index in [1.54, 1.807) is 12.1 Å². The van der Waals surface area contributed by atoms with Crippen molar-refractivity contribution >= 4 is 44.9 Å². The Morgan fingerprint density at radius 1 is 1.05 bits per heavy atom. The number of hydrogen-bond donors (Lipinski definition) is 0. The molecule has 0 aliphatic rings. The summed E-state index contributed by atoms with van der Waals surface area (Å²) in [6, 6.07) is 6.27. The van der Waals surface area contributed by atoms with Gasteiger partial charge < -0.3 is 0 Å². The van der Waals surface area contributed by atoms with E-state index in [9.17, 15) is 13.6 Å². The first-order valence-corrected chi connectivity index (χ1v) is 6.60. The summed E-state index contributed by atoms with van der Waals surface area (Å²) in [5, 5.41) is 0.0215. The van der Waals surface area contributed by atoms with E-state index in [4.69, 9.17) is 23.2 Å². The van der Waals surface area contributed by atoms with Gasteiger partial charge in [-0.2, -0.15) is 0 Å². The smallest absolute Gasteiger partial charge is 0.196 e.